The third kappa shape index (κ3) is 4.55. The normalized spacial score (nSPS) is 16.4. The van der Waals surface area contributed by atoms with E-state index in [1.165, 1.54) is 0 Å². The second-order valence-electron chi connectivity index (χ2n) is 5.62. The maximum atomic E-state index is 12.1. The fourth-order valence-corrected chi connectivity index (χ4v) is 2.74. The first kappa shape index (κ1) is 16.5. The highest BCUT2D eigenvalue weighted by molar-refractivity contribution is 6.30. The Hall–Kier alpha value is -2.40. The van der Waals surface area contributed by atoms with Gasteiger partial charge in [-0.1, -0.05) is 35.0 Å². The third-order valence-corrected chi connectivity index (χ3v) is 3.96. The number of oxime groups is 1. The molecule has 5 nitrogen and oxygen atoms in total. The van der Waals surface area contributed by atoms with E-state index >= 15 is 0 Å². The van der Waals surface area contributed by atoms with Crippen LogP contribution in [0.2, 0.25) is 5.02 Å². The molecule has 1 atom stereocenters. The third-order valence-electron chi connectivity index (χ3n) is 3.73. The van der Waals surface area contributed by atoms with Crippen LogP contribution < -0.4 is 5.32 Å². The Bertz CT molecular complexity index is 734. The minimum Gasteiger partial charge on any atom is -0.382 e. The first-order valence-corrected chi connectivity index (χ1v) is 8.22. The zero-order valence-electron chi connectivity index (χ0n) is 13.1. The van der Waals surface area contributed by atoms with Crippen molar-refractivity contribution >= 4 is 23.2 Å². The Balaban J connectivity index is 1.43. The van der Waals surface area contributed by atoms with Crippen LogP contribution in [0.15, 0.2) is 53.8 Å². The van der Waals surface area contributed by atoms with Gasteiger partial charge in [0.05, 0.1) is 5.71 Å². The van der Waals surface area contributed by atoms with E-state index in [1.807, 2.05) is 42.5 Å². The number of aromatic nitrogens is 1. The Morgan fingerprint density at radius 1 is 1.29 bits per heavy atom. The number of carbonyl (C=O) groups is 1. The van der Waals surface area contributed by atoms with Crippen LogP contribution in [0.1, 0.15) is 17.7 Å². The summed E-state index contributed by atoms with van der Waals surface area (Å²) < 4.78 is 0. The summed E-state index contributed by atoms with van der Waals surface area (Å²) in [5.74, 6) is -0.143. The number of amides is 1. The van der Waals surface area contributed by atoms with Crippen LogP contribution in [-0.4, -0.2) is 29.3 Å². The summed E-state index contributed by atoms with van der Waals surface area (Å²) >= 11 is 5.98. The van der Waals surface area contributed by atoms with Crippen molar-refractivity contribution in [3.8, 4) is 0 Å². The zero-order chi connectivity index (χ0) is 16.8. The van der Waals surface area contributed by atoms with Crippen molar-refractivity contribution in [1.29, 1.82) is 0 Å². The largest absolute Gasteiger partial charge is 0.382 e. The van der Waals surface area contributed by atoms with Crippen molar-refractivity contribution < 1.29 is 9.63 Å². The highest BCUT2D eigenvalue weighted by Crippen LogP contribution is 2.17. The molecular formula is C18H18ClN3O2. The van der Waals surface area contributed by atoms with Gasteiger partial charge in [0.25, 0.3) is 5.91 Å². The van der Waals surface area contributed by atoms with E-state index in [0.717, 1.165) is 17.0 Å². The molecule has 24 heavy (non-hydrogen) atoms. The summed E-state index contributed by atoms with van der Waals surface area (Å²) in [4.78, 5) is 21.6. The molecule has 0 saturated heterocycles. The molecule has 2 aromatic rings. The van der Waals surface area contributed by atoms with Crippen molar-refractivity contribution in [2.24, 2.45) is 5.16 Å². The van der Waals surface area contributed by atoms with Crippen LogP contribution in [-0.2, 0) is 22.5 Å². The van der Waals surface area contributed by atoms with Gasteiger partial charge in [0.1, 0.15) is 0 Å². The second-order valence-corrected chi connectivity index (χ2v) is 6.06. The molecule has 0 radical (unpaired) electrons. The molecule has 6 heteroatoms. The lowest BCUT2D eigenvalue weighted by atomic mass is 10.0. The Morgan fingerprint density at radius 2 is 2.21 bits per heavy atom. The maximum absolute atomic E-state index is 12.1. The molecule has 0 fully saturated rings. The number of carbonyl (C=O) groups excluding carboxylic acids is 1. The lowest BCUT2D eigenvalue weighted by molar-refractivity contribution is -0.131. The molecule has 1 aliphatic rings. The smallest absolute Gasteiger partial charge is 0.264 e. The van der Waals surface area contributed by atoms with E-state index in [0.29, 0.717) is 30.8 Å². The number of halogens is 1. The quantitative estimate of drug-likeness (QED) is 0.877. The summed E-state index contributed by atoms with van der Waals surface area (Å²) in [6.07, 6.45) is 3.02. The number of rotatable bonds is 6. The van der Waals surface area contributed by atoms with E-state index in [2.05, 4.69) is 15.5 Å². The van der Waals surface area contributed by atoms with Gasteiger partial charge in [0.15, 0.2) is 0 Å². The number of nitrogens with one attached hydrogen (secondary N) is 1. The van der Waals surface area contributed by atoms with Gasteiger partial charge in [-0.15, -0.1) is 0 Å². The maximum Gasteiger partial charge on any atom is 0.264 e. The summed E-state index contributed by atoms with van der Waals surface area (Å²) in [7, 11) is 0. The fourth-order valence-electron chi connectivity index (χ4n) is 2.53. The predicted octanol–water partition coefficient (Wildman–Crippen LogP) is 2.78. The van der Waals surface area contributed by atoms with Crippen molar-refractivity contribution in [1.82, 2.24) is 10.3 Å². The molecule has 124 valence electrons. The minimum atomic E-state index is -0.553. The van der Waals surface area contributed by atoms with Gasteiger partial charge in [0.2, 0.25) is 6.10 Å². The molecule has 1 N–H and O–H groups in total. The molecule has 0 bridgehead atoms. The number of pyridine rings is 1. The molecule has 0 saturated carbocycles. The average Bonchev–Trinajstić information content (AvgIpc) is 3.04. The number of benzene rings is 1. The summed E-state index contributed by atoms with van der Waals surface area (Å²) in [6, 6.07) is 13.3. The van der Waals surface area contributed by atoms with E-state index < -0.39 is 6.10 Å². The molecular weight excluding hydrogens is 326 g/mol. The summed E-state index contributed by atoms with van der Waals surface area (Å²) in [5.41, 5.74) is 2.85. The van der Waals surface area contributed by atoms with Crippen LogP contribution >= 0.6 is 11.6 Å². The van der Waals surface area contributed by atoms with E-state index in [9.17, 15) is 4.79 Å². The van der Waals surface area contributed by atoms with Crippen molar-refractivity contribution in [3.05, 3.63) is 64.9 Å². The molecule has 1 aromatic carbocycles. The fraction of sp³-hybridized carbons (Fsp3) is 0.278. The Morgan fingerprint density at radius 3 is 3.00 bits per heavy atom. The van der Waals surface area contributed by atoms with Gasteiger partial charge in [-0.05, 0) is 29.8 Å². The highest BCUT2D eigenvalue weighted by atomic mass is 35.5. The van der Waals surface area contributed by atoms with Crippen molar-refractivity contribution in [3.63, 3.8) is 0 Å². The van der Waals surface area contributed by atoms with Crippen LogP contribution in [0.5, 0.6) is 0 Å². The molecule has 0 aliphatic carbocycles. The first-order chi connectivity index (χ1) is 11.7. The molecule has 3 rings (SSSR count). The van der Waals surface area contributed by atoms with Gasteiger partial charge in [-0.25, -0.2) is 0 Å². The van der Waals surface area contributed by atoms with Crippen LogP contribution in [0.3, 0.4) is 0 Å². The minimum absolute atomic E-state index is 0.143. The van der Waals surface area contributed by atoms with Crippen LogP contribution in [0.4, 0.5) is 0 Å². The van der Waals surface area contributed by atoms with Gasteiger partial charge in [-0.2, -0.15) is 0 Å². The standard InChI is InChI=1S/C18H18ClN3O2/c19-14-5-3-4-13(10-14)11-16-12-17(24-22-16)18(23)21-9-7-15-6-1-2-8-20-15/h1-6,8,10,17H,7,9,11-12H2,(H,21,23). The summed E-state index contributed by atoms with van der Waals surface area (Å²) in [5, 5.41) is 7.59. The van der Waals surface area contributed by atoms with Crippen LogP contribution in [0, 0.1) is 0 Å². The monoisotopic (exact) mass is 343 g/mol. The SMILES string of the molecule is O=C(NCCc1ccccn1)C1CC(Cc2cccc(Cl)c2)=NO1. The summed E-state index contributed by atoms with van der Waals surface area (Å²) in [6.45, 7) is 0.527. The molecule has 2 heterocycles. The number of hydrogen-bond donors (Lipinski definition) is 1. The number of nitrogens with zero attached hydrogens (tertiary/aromatic N) is 2. The van der Waals surface area contributed by atoms with Crippen molar-refractivity contribution in [2.75, 3.05) is 6.54 Å². The molecule has 1 amide bonds. The van der Waals surface area contributed by atoms with E-state index in [-0.39, 0.29) is 5.91 Å². The molecule has 1 aliphatic heterocycles. The van der Waals surface area contributed by atoms with Gasteiger partial charge in [0, 0.05) is 42.7 Å². The van der Waals surface area contributed by atoms with Crippen molar-refractivity contribution in [2.45, 2.75) is 25.4 Å². The molecule has 1 unspecified atom stereocenters. The lowest BCUT2D eigenvalue weighted by Crippen LogP contribution is -2.36. The predicted molar refractivity (Wildman–Crippen MR) is 93.0 cm³/mol. The Kier molecular flexibility index (Phi) is 5.43. The Labute approximate surface area is 145 Å². The lowest BCUT2D eigenvalue weighted by Gasteiger charge is -2.09. The average molecular weight is 344 g/mol. The molecule has 0 spiro atoms. The van der Waals surface area contributed by atoms with Gasteiger partial charge in [-0.3, -0.25) is 9.78 Å². The van der Waals surface area contributed by atoms with Gasteiger partial charge < -0.3 is 10.2 Å². The van der Waals surface area contributed by atoms with E-state index in [4.69, 9.17) is 16.4 Å². The van der Waals surface area contributed by atoms with Gasteiger partial charge >= 0.3 is 0 Å². The zero-order valence-corrected chi connectivity index (χ0v) is 13.9. The van der Waals surface area contributed by atoms with Crippen LogP contribution in [0.25, 0.3) is 0 Å². The van der Waals surface area contributed by atoms with E-state index in [1.54, 1.807) is 6.20 Å². The second kappa shape index (κ2) is 7.93. The highest BCUT2D eigenvalue weighted by Gasteiger charge is 2.27. The first-order valence-electron chi connectivity index (χ1n) is 7.84. The number of hydrogen-bond acceptors (Lipinski definition) is 4. The molecule has 1 aromatic heterocycles. The topological polar surface area (TPSA) is 63.6 Å².